The molecule has 0 aliphatic carbocycles. The van der Waals surface area contributed by atoms with E-state index in [9.17, 15) is 9.50 Å². The van der Waals surface area contributed by atoms with Crippen molar-refractivity contribution in [3.63, 3.8) is 0 Å². The van der Waals surface area contributed by atoms with Crippen LogP contribution >= 0.6 is 0 Å². The number of aryl methyl sites for hydroxylation is 1. The molecule has 0 spiro atoms. The van der Waals surface area contributed by atoms with Crippen LogP contribution in [0.1, 0.15) is 25.1 Å². The van der Waals surface area contributed by atoms with Gasteiger partial charge in [-0.1, -0.05) is 0 Å². The van der Waals surface area contributed by atoms with Crippen molar-refractivity contribution in [3.05, 3.63) is 36.2 Å². The molecule has 2 aliphatic heterocycles. The van der Waals surface area contributed by atoms with E-state index in [1.807, 2.05) is 7.05 Å². The molecule has 2 bridgehead atoms. The monoisotopic (exact) mass is 411 g/mol. The number of phenols is 1. The number of benzene rings is 1. The molecule has 0 saturated carbocycles. The summed E-state index contributed by atoms with van der Waals surface area (Å²) in [5, 5.41) is 30.5. The topological polar surface area (TPSA) is 102 Å². The number of nitrogens with zero attached hydrogens (tertiary/aromatic N) is 7. The van der Waals surface area contributed by atoms with Crippen molar-refractivity contribution in [3.8, 4) is 28.6 Å². The van der Waals surface area contributed by atoms with Gasteiger partial charge in [-0.3, -0.25) is 4.90 Å². The molecule has 2 aromatic heterocycles. The van der Waals surface area contributed by atoms with Gasteiger partial charge in [-0.15, -0.1) is 25.2 Å². The van der Waals surface area contributed by atoms with Crippen LogP contribution in [0.2, 0.25) is 0 Å². The number of piperidine rings is 1. The van der Waals surface area contributed by atoms with Crippen LogP contribution in [0, 0.1) is 6.92 Å². The molecule has 156 valence electrons. The van der Waals surface area contributed by atoms with Crippen molar-refractivity contribution in [1.29, 1.82) is 0 Å². The van der Waals surface area contributed by atoms with Crippen LogP contribution in [0.4, 0.5) is 4.39 Å². The second kappa shape index (κ2) is 7.28. The third-order valence-corrected chi connectivity index (χ3v) is 6.04. The van der Waals surface area contributed by atoms with Crippen LogP contribution in [-0.4, -0.2) is 71.8 Å². The molecule has 10 heteroatoms. The molecule has 2 fully saturated rings. The van der Waals surface area contributed by atoms with Crippen LogP contribution in [0.3, 0.4) is 0 Å². The summed E-state index contributed by atoms with van der Waals surface area (Å²) >= 11 is 0. The third kappa shape index (κ3) is 3.26. The number of halogens is 1. The van der Waals surface area contributed by atoms with E-state index in [0.29, 0.717) is 35.2 Å². The molecule has 4 atom stereocenters. The Labute approximate surface area is 172 Å². The molecule has 3 aromatic rings. The van der Waals surface area contributed by atoms with E-state index in [1.54, 1.807) is 31.2 Å². The van der Waals surface area contributed by atoms with E-state index in [4.69, 9.17) is 4.74 Å². The number of rotatable bonds is 4. The van der Waals surface area contributed by atoms with E-state index in [2.05, 4.69) is 30.5 Å². The molecule has 1 aromatic carbocycles. The maximum absolute atomic E-state index is 14.8. The van der Waals surface area contributed by atoms with Crippen LogP contribution in [-0.2, 0) is 0 Å². The third-order valence-electron chi connectivity index (χ3n) is 6.04. The van der Waals surface area contributed by atoms with E-state index >= 15 is 0 Å². The number of phenolic OH excluding ortho intramolecular Hbond substituents is 1. The highest BCUT2D eigenvalue weighted by molar-refractivity contribution is 5.68. The fourth-order valence-corrected chi connectivity index (χ4v) is 4.40. The van der Waals surface area contributed by atoms with Crippen molar-refractivity contribution >= 4 is 0 Å². The fourth-order valence-electron chi connectivity index (χ4n) is 4.40. The second-order valence-corrected chi connectivity index (χ2v) is 7.88. The maximum Gasteiger partial charge on any atom is 0.233 e. The standard InChI is InChI=1S/C20H22FN7O2/c1-11-22-26-28(25-11)13-3-5-14(17(29)9-13)15-6-8-19(24-23-15)30-18-10-12-4-7-16(20(18)21)27(12)2/h3,5-6,8-9,12,16,18,20,29H,4,7,10H2,1-2H3/t12-,16+,18-,20-/m1/s1. The summed E-state index contributed by atoms with van der Waals surface area (Å²) in [6, 6.07) is 8.63. The zero-order chi connectivity index (χ0) is 20.8. The molecule has 0 radical (unpaired) electrons. The van der Waals surface area contributed by atoms with Gasteiger partial charge in [0.2, 0.25) is 5.88 Å². The zero-order valence-corrected chi connectivity index (χ0v) is 16.7. The van der Waals surface area contributed by atoms with Gasteiger partial charge in [-0.05, 0) is 50.2 Å². The Balaban J connectivity index is 1.32. The number of hydrogen-bond acceptors (Lipinski definition) is 8. The van der Waals surface area contributed by atoms with E-state index < -0.39 is 12.3 Å². The summed E-state index contributed by atoms with van der Waals surface area (Å²) in [6.45, 7) is 1.73. The largest absolute Gasteiger partial charge is 0.507 e. The molecule has 9 nitrogen and oxygen atoms in total. The van der Waals surface area contributed by atoms with E-state index in [-0.39, 0.29) is 17.7 Å². The molecule has 0 unspecified atom stereocenters. The molecule has 1 N–H and O–H groups in total. The predicted octanol–water partition coefficient (Wildman–Crippen LogP) is 2.09. The lowest BCUT2D eigenvalue weighted by Gasteiger charge is -2.38. The normalized spacial score (nSPS) is 26.1. The van der Waals surface area contributed by atoms with Gasteiger partial charge in [-0.25, -0.2) is 4.39 Å². The summed E-state index contributed by atoms with van der Waals surface area (Å²) in [7, 11) is 1.98. The number of aromatic hydroxyl groups is 1. The number of aromatic nitrogens is 6. The lowest BCUT2D eigenvalue weighted by atomic mass is 9.98. The number of ether oxygens (including phenoxy) is 1. The van der Waals surface area contributed by atoms with Gasteiger partial charge < -0.3 is 9.84 Å². The average molecular weight is 411 g/mol. The van der Waals surface area contributed by atoms with Crippen molar-refractivity contribution in [2.45, 2.75) is 50.5 Å². The first-order valence-electron chi connectivity index (χ1n) is 9.96. The Kier molecular flexibility index (Phi) is 4.58. The second-order valence-electron chi connectivity index (χ2n) is 7.88. The molecule has 2 aliphatic rings. The SMILES string of the molecule is Cc1nnn(-c2ccc(-c3ccc(O[C@@H]4C[C@H]5CC[C@@H]([C@H]4F)N5C)nn3)c(O)c2)n1. The summed E-state index contributed by atoms with van der Waals surface area (Å²) in [5.41, 5.74) is 1.57. The number of fused-ring (bicyclic) bond motifs is 2. The van der Waals surface area contributed by atoms with Gasteiger partial charge in [0.25, 0.3) is 0 Å². The maximum atomic E-state index is 14.8. The highest BCUT2D eigenvalue weighted by Crippen LogP contribution is 2.37. The molecular weight excluding hydrogens is 389 g/mol. The number of hydrogen-bond donors (Lipinski definition) is 1. The predicted molar refractivity (Wildman–Crippen MR) is 105 cm³/mol. The van der Waals surface area contributed by atoms with Crippen molar-refractivity contribution < 1.29 is 14.2 Å². The van der Waals surface area contributed by atoms with Crippen LogP contribution in [0.15, 0.2) is 30.3 Å². The van der Waals surface area contributed by atoms with Gasteiger partial charge in [-0.2, -0.15) is 0 Å². The summed E-state index contributed by atoms with van der Waals surface area (Å²) in [6.07, 6.45) is 0.970. The number of tetrazole rings is 1. The van der Waals surface area contributed by atoms with Crippen LogP contribution in [0.25, 0.3) is 16.9 Å². The lowest BCUT2D eigenvalue weighted by Crippen LogP contribution is -2.52. The first-order chi connectivity index (χ1) is 14.5. The van der Waals surface area contributed by atoms with E-state index in [0.717, 1.165) is 12.8 Å². The Morgan fingerprint density at radius 1 is 1.13 bits per heavy atom. The average Bonchev–Trinajstić information content (AvgIpc) is 3.28. The summed E-state index contributed by atoms with van der Waals surface area (Å²) < 4.78 is 20.6. The minimum Gasteiger partial charge on any atom is -0.507 e. The minimum absolute atomic E-state index is 0.0149. The summed E-state index contributed by atoms with van der Waals surface area (Å²) in [4.78, 5) is 3.46. The smallest absolute Gasteiger partial charge is 0.233 e. The Morgan fingerprint density at radius 2 is 2.00 bits per heavy atom. The van der Waals surface area contributed by atoms with Gasteiger partial charge in [0.05, 0.1) is 11.4 Å². The van der Waals surface area contributed by atoms with Gasteiger partial charge in [0, 0.05) is 36.2 Å². The van der Waals surface area contributed by atoms with Crippen molar-refractivity contribution in [2.75, 3.05) is 7.05 Å². The Morgan fingerprint density at radius 3 is 2.70 bits per heavy atom. The van der Waals surface area contributed by atoms with Gasteiger partial charge >= 0.3 is 0 Å². The highest BCUT2D eigenvalue weighted by atomic mass is 19.1. The molecule has 5 rings (SSSR count). The quantitative estimate of drug-likeness (QED) is 0.696. The number of alkyl halides is 1. The first-order valence-corrected chi connectivity index (χ1v) is 9.96. The molecule has 4 heterocycles. The molecule has 30 heavy (non-hydrogen) atoms. The Bertz CT molecular complexity index is 1060. The van der Waals surface area contributed by atoms with Crippen molar-refractivity contribution in [1.82, 2.24) is 35.3 Å². The lowest BCUT2D eigenvalue weighted by molar-refractivity contribution is -0.0134. The van der Waals surface area contributed by atoms with Crippen LogP contribution in [0.5, 0.6) is 11.6 Å². The first kappa shape index (κ1) is 18.9. The van der Waals surface area contributed by atoms with Crippen LogP contribution < -0.4 is 4.74 Å². The minimum atomic E-state index is -1.04. The van der Waals surface area contributed by atoms with Gasteiger partial charge in [0.1, 0.15) is 11.9 Å². The molecular formula is C20H22FN7O2. The summed E-state index contributed by atoms with van der Waals surface area (Å²) in [5.74, 6) is 0.836. The molecule has 2 saturated heterocycles. The van der Waals surface area contributed by atoms with Gasteiger partial charge in [0.15, 0.2) is 12.0 Å². The molecule has 0 amide bonds. The zero-order valence-electron chi connectivity index (χ0n) is 16.7. The van der Waals surface area contributed by atoms with Crippen molar-refractivity contribution in [2.24, 2.45) is 0 Å². The fraction of sp³-hybridized carbons (Fsp3) is 0.450. The Hall–Kier alpha value is -3.14. The highest BCUT2D eigenvalue weighted by Gasteiger charge is 2.47. The van der Waals surface area contributed by atoms with E-state index in [1.165, 1.54) is 10.9 Å².